The molecule has 0 amide bonds. The van der Waals surface area contributed by atoms with Crippen LogP contribution in [-0.2, 0) is 0 Å². The summed E-state index contributed by atoms with van der Waals surface area (Å²) in [7, 11) is 0. The zero-order valence-corrected chi connectivity index (χ0v) is 10.7. The van der Waals surface area contributed by atoms with Gasteiger partial charge in [0.05, 0.1) is 0 Å². The highest BCUT2D eigenvalue weighted by molar-refractivity contribution is 9.10. The molecule has 0 saturated heterocycles. The van der Waals surface area contributed by atoms with Gasteiger partial charge in [-0.15, -0.1) is 0 Å². The molecule has 0 aliphatic rings. The van der Waals surface area contributed by atoms with Crippen LogP contribution >= 0.6 is 27.3 Å². The minimum atomic E-state index is 0.153. The van der Waals surface area contributed by atoms with Crippen LogP contribution in [0.3, 0.4) is 0 Å². The molecule has 0 aromatic carbocycles. The SMILES string of the molecule is CC(C)(C)CC(N)c1cscc1Br. The lowest BCUT2D eigenvalue weighted by Gasteiger charge is -2.22. The monoisotopic (exact) mass is 261 g/mol. The molecule has 13 heavy (non-hydrogen) atoms. The van der Waals surface area contributed by atoms with Gasteiger partial charge in [0.15, 0.2) is 0 Å². The molecule has 0 saturated carbocycles. The van der Waals surface area contributed by atoms with Crippen molar-refractivity contribution in [2.45, 2.75) is 33.2 Å². The highest BCUT2D eigenvalue weighted by Crippen LogP contribution is 2.33. The van der Waals surface area contributed by atoms with Gasteiger partial charge in [-0.2, -0.15) is 11.3 Å². The first-order valence-electron chi connectivity index (χ1n) is 4.37. The molecule has 0 fully saturated rings. The lowest BCUT2D eigenvalue weighted by Crippen LogP contribution is -2.18. The second-order valence-electron chi connectivity index (χ2n) is 4.55. The average molecular weight is 262 g/mol. The van der Waals surface area contributed by atoms with Gasteiger partial charge in [0, 0.05) is 15.9 Å². The molecular weight excluding hydrogens is 246 g/mol. The van der Waals surface area contributed by atoms with Gasteiger partial charge in [0.1, 0.15) is 0 Å². The van der Waals surface area contributed by atoms with E-state index in [4.69, 9.17) is 5.73 Å². The van der Waals surface area contributed by atoms with Crippen LogP contribution in [0.15, 0.2) is 15.2 Å². The van der Waals surface area contributed by atoms with Gasteiger partial charge in [0.2, 0.25) is 0 Å². The summed E-state index contributed by atoms with van der Waals surface area (Å²) in [6.07, 6.45) is 1.02. The minimum absolute atomic E-state index is 0.153. The van der Waals surface area contributed by atoms with Gasteiger partial charge in [-0.3, -0.25) is 0 Å². The molecule has 1 nitrogen and oxygen atoms in total. The Morgan fingerprint density at radius 2 is 2.08 bits per heavy atom. The van der Waals surface area contributed by atoms with Gasteiger partial charge in [-0.1, -0.05) is 20.8 Å². The van der Waals surface area contributed by atoms with E-state index in [0.717, 1.165) is 10.9 Å². The van der Waals surface area contributed by atoms with Crippen molar-refractivity contribution in [2.75, 3.05) is 0 Å². The van der Waals surface area contributed by atoms with E-state index in [1.54, 1.807) is 11.3 Å². The summed E-state index contributed by atoms with van der Waals surface area (Å²) in [6, 6.07) is 0.153. The highest BCUT2D eigenvalue weighted by atomic mass is 79.9. The molecule has 0 spiro atoms. The van der Waals surface area contributed by atoms with Crippen molar-refractivity contribution in [3.05, 3.63) is 20.8 Å². The average Bonchev–Trinajstić information content (AvgIpc) is 2.30. The van der Waals surface area contributed by atoms with Crippen molar-refractivity contribution in [2.24, 2.45) is 11.1 Å². The van der Waals surface area contributed by atoms with Crippen LogP contribution in [0, 0.1) is 5.41 Å². The molecule has 1 aromatic rings. The first kappa shape index (κ1) is 11.2. The van der Waals surface area contributed by atoms with Gasteiger partial charge in [-0.05, 0) is 38.7 Å². The number of thiophene rings is 1. The number of hydrogen-bond acceptors (Lipinski definition) is 2. The third kappa shape index (κ3) is 3.41. The molecular formula is C10H16BrNS. The third-order valence-electron chi connectivity index (χ3n) is 1.87. The zero-order chi connectivity index (χ0) is 10.1. The summed E-state index contributed by atoms with van der Waals surface area (Å²) in [5.41, 5.74) is 7.63. The predicted octanol–water partition coefficient (Wildman–Crippen LogP) is 3.95. The Morgan fingerprint density at radius 1 is 1.46 bits per heavy atom. The fourth-order valence-corrected chi connectivity index (χ4v) is 2.98. The van der Waals surface area contributed by atoms with Gasteiger partial charge in [0.25, 0.3) is 0 Å². The topological polar surface area (TPSA) is 26.0 Å². The van der Waals surface area contributed by atoms with Crippen LogP contribution in [0.25, 0.3) is 0 Å². The second-order valence-corrected chi connectivity index (χ2v) is 6.14. The van der Waals surface area contributed by atoms with E-state index in [-0.39, 0.29) is 6.04 Å². The second kappa shape index (κ2) is 4.11. The highest BCUT2D eigenvalue weighted by Gasteiger charge is 2.18. The molecule has 0 radical (unpaired) electrons. The van der Waals surface area contributed by atoms with Gasteiger partial charge >= 0.3 is 0 Å². The maximum absolute atomic E-state index is 6.10. The van der Waals surface area contributed by atoms with Crippen molar-refractivity contribution in [1.29, 1.82) is 0 Å². The molecule has 0 bridgehead atoms. The van der Waals surface area contributed by atoms with Crippen LogP contribution in [0.5, 0.6) is 0 Å². The molecule has 1 unspecified atom stereocenters. The molecule has 1 heterocycles. The first-order chi connectivity index (χ1) is 5.90. The Kier molecular flexibility index (Phi) is 3.55. The Labute approximate surface area is 92.5 Å². The van der Waals surface area contributed by atoms with Crippen LogP contribution in [-0.4, -0.2) is 0 Å². The van der Waals surface area contributed by atoms with Crippen LogP contribution in [0.2, 0.25) is 0 Å². The van der Waals surface area contributed by atoms with Crippen molar-refractivity contribution in [1.82, 2.24) is 0 Å². The van der Waals surface area contributed by atoms with Crippen LogP contribution < -0.4 is 5.73 Å². The lowest BCUT2D eigenvalue weighted by molar-refractivity contribution is 0.342. The molecule has 3 heteroatoms. The summed E-state index contributed by atoms with van der Waals surface area (Å²) < 4.78 is 1.15. The zero-order valence-electron chi connectivity index (χ0n) is 8.30. The Bertz CT molecular complexity index is 275. The van der Waals surface area contributed by atoms with E-state index in [0.29, 0.717) is 5.41 Å². The van der Waals surface area contributed by atoms with Gasteiger partial charge in [-0.25, -0.2) is 0 Å². The Hall–Kier alpha value is 0.140. The molecule has 1 aromatic heterocycles. The number of hydrogen-bond donors (Lipinski definition) is 1. The quantitative estimate of drug-likeness (QED) is 0.858. The van der Waals surface area contributed by atoms with E-state index in [1.807, 2.05) is 0 Å². The fraction of sp³-hybridized carbons (Fsp3) is 0.600. The van der Waals surface area contributed by atoms with E-state index >= 15 is 0 Å². The van der Waals surface area contributed by atoms with E-state index < -0.39 is 0 Å². The smallest absolute Gasteiger partial charge is 0.0330 e. The number of rotatable bonds is 2. The van der Waals surface area contributed by atoms with Crippen molar-refractivity contribution >= 4 is 27.3 Å². The van der Waals surface area contributed by atoms with Crippen LogP contribution in [0.1, 0.15) is 38.8 Å². The fourth-order valence-electron chi connectivity index (χ4n) is 1.33. The van der Waals surface area contributed by atoms with Crippen molar-refractivity contribution < 1.29 is 0 Å². The molecule has 74 valence electrons. The summed E-state index contributed by atoms with van der Waals surface area (Å²) in [4.78, 5) is 0. The Morgan fingerprint density at radius 3 is 2.46 bits per heavy atom. The van der Waals surface area contributed by atoms with Crippen molar-refractivity contribution in [3.63, 3.8) is 0 Å². The molecule has 2 N–H and O–H groups in total. The summed E-state index contributed by atoms with van der Waals surface area (Å²) in [6.45, 7) is 6.65. The molecule has 1 rings (SSSR count). The van der Waals surface area contributed by atoms with E-state index in [9.17, 15) is 0 Å². The maximum Gasteiger partial charge on any atom is 0.0330 e. The first-order valence-corrected chi connectivity index (χ1v) is 6.11. The minimum Gasteiger partial charge on any atom is -0.324 e. The summed E-state index contributed by atoms with van der Waals surface area (Å²) in [5.74, 6) is 0. The third-order valence-corrected chi connectivity index (χ3v) is 3.63. The normalized spacial score (nSPS) is 14.5. The standard InChI is InChI=1S/C10H16BrNS/c1-10(2,3)4-9(12)7-5-13-6-8(7)11/h5-6,9H,4,12H2,1-3H3. The van der Waals surface area contributed by atoms with E-state index in [2.05, 4.69) is 47.5 Å². The predicted molar refractivity (Wildman–Crippen MR) is 63.0 cm³/mol. The summed E-state index contributed by atoms with van der Waals surface area (Å²) >= 11 is 5.20. The largest absolute Gasteiger partial charge is 0.324 e. The molecule has 0 aliphatic carbocycles. The number of halogens is 1. The van der Waals surface area contributed by atoms with Gasteiger partial charge < -0.3 is 5.73 Å². The van der Waals surface area contributed by atoms with Crippen LogP contribution in [0.4, 0.5) is 0 Å². The van der Waals surface area contributed by atoms with E-state index in [1.165, 1.54) is 5.56 Å². The molecule has 0 aliphatic heterocycles. The lowest BCUT2D eigenvalue weighted by atomic mass is 9.86. The number of nitrogens with two attached hydrogens (primary N) is 1. The maximum atomic E-state index is 6.10. The summed E-state index contributed by atoms with van der Waals surface area (Å²) in [5, 5.41) is 4.21. The Balaban J connectivity index is 2.69. The molecule has 1 atom stereocenters. The van der Waals surface area contributed by atoms with Crippen molar-refractivity contribution in [3.8, 4) is 0 Å².